The van der Waals surface area contributed by atoms with Crippen LogP contribution < -0.4 is 32.3 Å². The van der Waals surface area contributed by atoms with Crippen LogP contribution in [0.15, 0.2) is 166 Å². The number of hydrogen-bond donors (Lipinski definition) is 3. The van der Waals surface area contributed by atoms with E-state index in [-0.39, 0.29) is 38.9 Å². The fourth-order valence-electron chi connectivity index (χ4n) is 9.77. The second-order valence-corrected chi connectivity index (χ2v) is 20.5. The molecule has 1 unspecified atom stereocenters. The van der Waals surface area contributed by atoms with E-state index in [1.165, 1.54) is 41.5 Å². The maximum atomic E-state index is 13.4. The Morgan fingerprint density at radius 1 is 0.598 bits per heavy atom. The van der Waals surface area contributed by atoms with Crippen molar-refractivity contribution in [2.75, 3.05) is 13.1 Å². The summed E-state index contributed by atoms with van der Waals surface area (Å²) >= 11 is 5.99. The number of aryl methyl sites for hydroxylation is 3. The van der Waals surface area contributed by atoms with Crippen molar-refractivity contribution in [3.8, 4) is 0 Å². The Bertz CT molecular complexity index is 4260. The average Bonchev–Trinajstić information content (AvgIpc) is 0.959. The molecule has 0 spiro atoms. The lowest BCUT2D eigenvalue weighted by molar-refractivity contribution is -0.138. The van der Waals surface area contributed by atoms with Gasteiger partial charge >= 0.3 is 18.5 Å². The first-order valence-corrected chi connectivity index (χ1v) is 27.5. The molecule has 87 heavy (non-hydrogen) atoms. The van der Waals surface area contributed by atoms with Crippen LogP contribution in [0.25, 0.3) is 32.7 Å². The summed E-state index contributed by atoms with van der Waals surface area (Å²) in [6.45, 7) is 6.84. The summed E-state index contributed by atoms with van der Waals surface area (Å²) in [5.74, 6) is -2.02. The molecule has 1 atom stereocenters. The molecule has 1 aliphatic heterocycles. The molecule has 0 radical (unpaired) electrons. The van der Waals surface area contributed by atoms with Gasteiger partial charge in [0.15, 0.2) is 0 Å². The van der Waals surface area contributed by atoms with Crippen LogP contribution >= 0.6 is 11.6 Å². The minimum atomic E-state index is -4.60. The Morgan fingerprint density at radius 3 is 1.59 bits per heavy atom. The van der Waals surface area contributed by atoms with E-state index >= 15 is 0 Å². The summed E-state index contributed by atoms with van der Waals surface area (Å²) in [5, 5.41) is 9.20. The number of nitrogens with one attached hydrogen (secondary N) is 3. The fraction of sp³-hybridized carbons (Fsp3) is 0.238. The molecule has 0 saturated carbocycles. The standard InChI is InChI=1S/C22H20F3N3O2.C21H19F3N2O2.C20H15ClF3N3O2/c1-13-2-3-15-10-16(22(23,24)25)11-17-19(15)28(13)12-18(20(17)29)21(30)27-9-6-14-4-7-26-8-5-14;1-2-26-13-17(20(28)25-11-10-14-6-4-3-5-7-14)19(27)16-12-15(21(22,23)24)8-9-18(16)26;1-2-27-11-15(19(29)26-25-10-12-5-3-4-6-16(12)21)18(28)14-9-13(20(22,23)24)7-8-17(14)27/h4-5,7-8,10-13H,2-3,6,9H2,1H3,(H,27,30);3-9,12-13H,2,10-11H2,1H3,(H,25,28);3-11H,2H2,1H3,(H,26,29)/b;;25-10-. The van der Waals surface area contributed by atoms with Crippen LogP contribution in [-0.2, 0) is 50.9 Å². The van der Waals surface area contributed by atoms with Crippen LogP contribution in [0.5, 0.6) is 0 Å². The fourth-order valence-corrected chi connectivity index (χ4v) is 9.95. The van der Waals surface area contributed by atoms with Crippen molar-refractivity contribution in [1.82, 2.24) is 34.7 Å². The molecule has 24 heteroatoms. The van der Waals surface area contributed by atoms with Gasteiger partial charge < -0.3 is 24.3 Å². The number of benzene rings is 5. The normalized spacial score (nSPS) is 13.2. The molecule has 1 aliphatic rings. The summed E-state index contributed by atoms with van der Waals surface area (Å²) < 4.78 is 123. The van der Waals surface area contributed by atoms with Gasteiger partial charge in [-0.05, 0) is 130 Å². The van der Waals surface area contributed by atoms with Crippen molar-refractivity contribution >= 4 is 68.2 Å². The van der Waals surface area contributed by atoms with Gasteiger partial charge in [0.25, 0.3) is 17.7 Å². The Hall–Kier alpha value is -9.38. The van der Waals surface area contributed by atoms with Crippen LogP contribution in [0.4, 0.5) is 39.5 Å². The quantitative estimate of drug-likeness (QED) is 0.0584. The van der Waals surface area contributed by atoms with Crippen molar-refractivity contribution < 1.29 is 53.9 Å². The third-order valence-corrected chi connectivity index (χ3v) is 14.7. The molecule has 14 nitrogen and oxygen atoms in total. The van der Waals surface area contributed by atoms with Gasteiger partial charge in [-0.25, -0.2) is 5.43 Å². The van der Waals surface area contributed by atoms with Gasteiger partial charge in [0, 0.05) is 89.9 Å². The Morgan fingerprint density at radius 2 is 1.07 bits per heavy atom. The van der Waals surface area contributed by atoms with Crippen LogP contribution in [0.3, 0.4) is 0 Å². The zero-order valence-corrected chi connectivity index (χ0v) is 47.4. The Kier molecular flexibility index (Phi) is 19.7. The smallest absolute Gasteiger partial charge is 0.352 e. The first-order valence-electron chi connectivity index (χ1n) is 27.1. The summed E-state index contributed by atoms with van der Waals surface area (Å²) in [6.07, 6.45) is -2.72. The number of aromatic nitrogens is 4. The number of hydrogen-bond acceptors (Lipinski definition) is 8. The molecule has 9 aromatic rings. The largest absolute Gasteiger partial charge is 0.416 e. The highest BCUT2D eigenvalue weighted by atomic mass is 35.5. The second-order valence-electron chi connectivity index (χ2n) is 20.0. The molecular formula is C63H54ClF9N8O6. The van der Waals surface area contributed by atoms with Gasteiger partial charge in [-0.3, -0.25) is 33.8 Å². The maximum absolute atomic E-state index is 13.4. The molecule has 0 fully saturated rings. The first kappa shape index (κ1) is 63.6. The maximum Gasteiger partial charge on any atom is 0.416 e. The molecule has 3 N–H and O–H groups in total. The van der Waals surface area contributed by atoms with Gasteiger partial charge in [-0.2, -0.15) is 44.6 Å². The number of amides is 3. The predicted molar refractivity (Wildman–Crippen MR) is 313 cm³/mol. The van der Waals surface area contributed by atoms with Gasteiger partial charge in [-0.1, -0.05) is 60.1 Å². The van der Waals surface area contributed by atoms with Crippen molar-refractivity contribution in [3.63, 3.8) is 0 Å². The van der Waals surface area contributed by atoms with E-state index in [2.05, 4.69) is 26.1 Å². The number of hydrazone groups is 1. The molecule has 5 heterocycles. The van der Waals surface area contributed by atoms with E-state index in [9.17, 15) is 68.3 Å². The van der Waals surface area contributed by atoms with Gasteiger partial charge in [0.05, 0.1) is 39.5 Å². The third-order valence-electron chi connectivity index (χ3n) is 14.3. The second kappa shape index (κ2) is 26.9. The molecular weight excluding hydrogens is 1170 g/mol. The van der Waals surface area contributed by atoms with Gasteiger partial charge in [-0.15, -0.1) is 0 Å². The Labute approximate surface area is 494 Å². The summed E-state index contributed by atoms with van der Waals surface area (Å²) in [6, 6.07) is 27.8. The highest BCUT2D eigenvalue weighted by molar-refractivity contribution is 6.33. The molecule has 10 rings (SSSR count). The van der Waals surface area contributed by atoms with Crippen molar-refractivity contribution in [1.29, 1.82) is 0 Å². The number of fused-ring (bicyclic) bond motifs is 2. The zero-order valence-electron chi connectivity index (χ0n) is 46.6. The topological polar surface area (TPSA) is 179 Å². The van der Waals surface area contributed by atoms with E-state index in [4.69, 9.17) is 11.6 Å². The third kappa shape index (κ3) is 15.0. The predicted octanol–water partition coefficient (Wildman–Crippen LogP) is 12.4. The molecule has 3 amide bonds. The zero-order chi connectivity index (χ0) is 63.0. The monoisotopic (exact) mass is 1220 g/mol. The number of halogens is 10. The van der Waals surface area contributed by atoms with Gasteiger partial charge in [0.1, 0.15) is 16.7 Å². The number of carbonyl (C=O) groups excluding carboxylic acids is 3. The number of rotatable bonds is 13. The lowest BCUT2D eigenvalue weighted by atomic mass is 9.93. The summed E-state index contributed by atoms with van der Waals surface area (Å²) in [7, 11) is 0. The van der Waals surface area contributed by atoms with Crippen LogP contribution in [0.1, 0.15) is 103 Å². The van der Waals surface area contributed by atoms with E-state index in [1.807, 2.05) is 49.4 Å². The van der Waals surface area contributed by atoms with Gasteiger partial charge in [0.2, 0.25) is 16.3 Å². The highest BCUT2D eigenvalue weighted by Crippen LogP contribution is 2.37. The molecule has 452 valence electrons. The molecule has 0 aliphatic carbocycles. The van der Waals surface area contributed by atoms with E-state index in [0.29, 0.717) is 84.6 Å². The Balaban J connectivity index is 0.000000169. The lowest BCUT2D eigenvalue weighted by Gasteiger charge is -2.27. The summed E-state index contributed by atoms with van der Waals surface area (Å²) in [5.41, 5.74) is 0.868. The van der Waals surface area contributed by atoms with Crippen molar-refractivity contribution in [3.05, 3.63) is 238 Å². The van der Waals surface area contributed by atoms with E-state index in [0.717, 1.165) is 47.5 Å². The van der Waals surface area contributed by atoms with Crippen molar-refractivity contribution in [2.45, 2.75) is 84.1 Å². The van der Waals surface area contributed by atoms with E-state index < -0.39 is 69.2 Å². The van der Waals surface area contributed by atoms with Crippen LogP contribution in [-0.4, -0.2) is 55.7 Å². The first-order chi connectivity index (χ1) is 41.3. The van der Waals surface area contributed by atoms with Crippen LogP contribution in [0.2, 0.25) is 5.02 Å². The molecule has 4 aromatic heterocycles. The summed E-state index contributed by atoms with van der Waals surface area (Å²) in [4.78, 5) is 80.0. The molecule has 0 bridgehead atoms. The molecule has 5 aromatic carbocycles. The highest BCUT2D eigenvalue weighted by Gasteiger charge is 2.35. The molecule has 0 saturated heterocycles. The van der Waals surface area contributed by atoms with Crippen molar-refractivity contribution in [2.24, 2.45) is 5.10 Å². The number of pyridine rings is 4. The number of carbonyl (C=O) groups is 3. The SMILES string of the molecule is CC1CCc2cc(C(F)(F)F)cc3c(=O)c(C(=O)NCCc4ccncc4)cn1c23.CCn1cc(C(=O)N/N=C\c2ccccc2Cl)c(=O)c2cc(C(F)(F)F)ccc21.CCn1cc(C(=O)NCCc2ccccc2)c(=O)c2cc(C(F)(F)F)ccc21. The number of nitrogens with zero attached hydrogens (tertiary/aromatic N) is 5. The lowest BCUT2D eigenvalue weighted by Crippen LogP contribution is -2.32. The van der Waals surface area contributed by atoms with Crippen LogP contribution in [0, 0.1) is 0 Å². The minimum absolute atomic E-state index is 0.0271. The number of alkyl halides is 9. The minimum Gasteiger partial charge on any atom is -0.352 e. The average molecular weight is 1230 g/mol. The van der Waals surface area contributed by atoms with E-state index in [1.54, 1.807) is 59.6 Å².